The average Bonchev–Trinajstić information content (AvgIpc) is 1.99. The number of nitrogens with one attached hydrogen (secondary N) is 1. The number of anilines is 1. The maximum atomic E-state index is 10.8. The van der Waals surface area contributed by atoms with Crippen molar-refractivity contribution in [2.24, 2.45) is 0 Å². The van der Waals surface area contributed by atoms with Crippen molar-refractivity contribution in [3.05, 3.63) is 10.4 Å². The molecule has 1 rings (SSSR count). The fraction of sp³-hybridized carbons (Fsp3) is 0.200. The minimum atomic E-state index is -0.424. The quantitative estimate of drug-likeness (QED) is 0.441. The molecule has 1 aromatic heterocycles. The summed E-state index contributed by atoms with van der Waals surface area (Å²) in [4.78, 5) is 10.8. The van der Waals surface area contributed by atoms with Crippen LogP contribution in [-0.4, -0.2) is 25.2 Å². The molecule has 0 unspecified atom stereocenters. The van der Waals surface area contributed by atoms with Gasteiger partial charge in [-0.3, -0.25) is 4.79 Å². The first-order chi connectivity index (χ1) is 5.16. The molecule has 0 saturated carbocycles. The molecule has 58 valence electrons. The molecule has 1 heterocycles. The molecule has 0 fully saturated rings. The molecule has 11 heavy (non-hydrogen) atoms. The number of aromatic amines is 1. The Morgan fingerprint density at radius 3 is 2.82 bits per heavy atom. The highest BCUT2D eigenvalue weighted by molar-refractivity contribution is 6.32. The maximum absolute atomic E-state index is 10.8. The van der Waals surface area contributed by atoms with Crippen LogP contribution in [0, 0.1) is 0 Å². The average molecular weight is 153 g/mol. The van der Waals surface area contributed by atoms with Crippen LogP contribution < -0.4 is 21.6 Å². The second kappa shape index (κ2) is 2.65. The highest BCUT2D eigenvalue weighted by Gasteiger charge is 2.06. The molecule has 0 aliphatic rings. The molecule has 0 aliphatic heterocycles. The third-order valence-electron chi connectivity index (χ3n) is 1.35. The van der Waals surface area contributed by atoms with E-state index < -0.39 is 5.56 Å². The minimum Gasteiger partial charge on any atom is -0.493 e. The predicted octanol–water partition coefficient (Wildman–Crippen LogP) is -2.38. The molecular formula is C5H8BN3O2. The van der Waals surface area contributed by atoms with Crippen LogP contribution in [0.5, 0.6) is 5.75 Å². The van der Waals surface area contributed by atoms with E-state index in [9.17, 15) is 4.79 Å². The summed E-state index contributed by atoms with van der Waals surface area (Å²) >= 11 is 0. The van der Waals surface area contributed by atoms with E-state index >= 15 is 0 Å². The largest absolute Gasteiger partial charge is 0.493 e. The first-order valence-corrected chi connectivity index (χ1v) is 3.05. The molecule has 0 aromatic carbocycles. The highest BCUT2D eigenvalue weighted by Crippen LogP contribution is 2.08. The fourth-order valence-electron chi connectivity index (χ4n) is 0.801. The number of ether oxygens (including phenoxy) is 1. The van der Waals surface area contributed by atoms with E-state index in [2.05, 4.69) is 10.2 Å². The zero-order chi connectivity index (χ0) is 8.43. The van der Waals surface area contributed by atoms with Gasteiger partial charge in [0.15, 0.2) is 13.6 Å². The highest BCUT2D eigenvalue weighted by atomic mass is 16.5. The van der Waals surface area contributed by atoms with Crippen molar-refractivity contribution in [1.29, 1.82) is 0 Å². The van der Waals surface area contributed by atoms with Gasteiger partial charge < -0.3 is 10.5 Å². The van der Waals surface area contributed by atoms with E-state index in [-0.39, 0.29) is 5.69 Å². The molecule has 0 bridgehead atoms. The molecule has 0 amide bonds. The maximum Gasteiger partial charge on any atom is 0.291 e. The monoisotopic (exact) mass is 153 g/mol. The van der Waals surface area contributed by atoms with Crippen molar-refractivity contribution >= 4 is 19.1 Å². The molecule has 5 nitrogen and oxygen atoms in total. The smallest absolute Gasteiger partial charge is 0.291 e. The Labute approximate surface area is 64.0 Å². The Hall–Kier alpha value is -1.46. The summed E-state index contributed by atoms with van der Waals surface area (Å²) in [6.45, 7) is 0. The van der Waals surface area contributed by atoms with Gasteiger partial charge >= 0.3 is 0 Å². The second-order valence-electron chi connectivity index (χ2n) is 2.09. The van der Waals surface area contributed by atoms with Crippen molar-refractivity contribution in [2.45, 2.75) is 0 Å². The Morgan fingerprint density at radius 2 is 2.36 bits per heavy atom. The lowest BCUT2D eigenvalue weighted by molar-refractivity contribution is 0.417. The predicted molar refractivity (Wildman–Crippen MR) is 44.0 cm³/mol. The van der Waals surface area contributed by atoms with E-state index in [0.717, 1.165) is 0 Å². The summed E-state index contributed by atoms with van der Waals surface area (Å²) in [5.74, 6) is 0.341. The van der Waals surface area contributed by atoms with Gasteiger partial charge in [-0.25, -0.2) is 5.10 Å². The van der Waals surface area contributed by atoms with Crippen LogP contribution in [0.3, 0.4) is 0 Å². The van der Waals surface area contributed by atoms with E-state index in [0.29, 0.717) is 11.3 Å². The molecular weight excluding hydrogens is 145 g/mol. The number of methoxy groups -OCH3 is 1. The third kappa shape index (κ3) is 1.19. The lowest BCUT2D eigenvalue weighted by Gasteiger charge is -2.04. The van der Waals surface area contributed by atoms with Gasteiger partial charge in [0.2, 0.25) is 0 Å². The first-order valence-electron chi connectivity index (χ1n) is 3.05. The molecule has 1 aromatic rings. The summed E-state index contributed by atoms with van der Waals surface area (Å²) in [7, 11) is 3.14. The molecule has 0 radical (unpaired) electrons. The lowest BCUT2D eigenvalue weighted by atomic mass is 10.0. The number of nitrogens with two attached hydrogens (primary N) is 1. The van der Waals surface area contributed by atoms with Crippen molar-refractivity contribution in [2.75, 3.05) is 12.8 Å². The zero-order valence-electron chi connectivity index (χ0n) is 6.34. The Bertz CT molecular complexity index is 322. The van der Waals surface area contributed by atoms with E-state index in [1.807, 2.05) is 0 Å². The molecule has 0 aliphatic carbocycles. The normalized spacial score (nSPS) is 9.55. The van der Waals surface area contributed by atoms with Gasteiger partial charge in [0.05, 0.1) is 12.7 Å². The van der Waals surface area contributed by atoms with Crippen molar-refractivity contribution in [3.63, 3.8) is 0 Å². The number of hydrogen-bond acceptors (Lipinski definition) is 4. The number of rotatable bonds is 1. The Morgan fingerprint density at radius 1 is 1.73 bits per heavy atom. The number of aromatic nitrogens is 2. The number of hydrogen-bond donors (Lipinski definition) is 2. The van der Waals surface area contributed by atoms with Crippen LogP contribution in [0.2, 0.25) is 0 Å². The standard InChI is InChI=1S/C5H8BN3O2/c1-11-3-2(7)5(10)9-8-4(3)6/h6H2,1H3,(H2,7,8)(H,9,10). The van der Waals surface area contributed by atoms with Crippen LogP contribution in [0.25, 0.3) is 0 Å². The van der Waals surface area contributed by atoms with Gasteiger partial charge in [0.1, 0.15) is 5.69 Å². The summed E-state index contributed by atoms with van der Waals surface area (Å²) in [5, 5.41) is 5.90. The molecule has 0 spiro atoms. The zero-order valence-corrected chi connectivity index (χ0v) is 6.34. The van der Waals surface area contributed by atoms with E-state index in [4.69, 9.17) is 10.5 Å². The summed E-state index contributed by atoms with van der Waals surface area (Å²) in [6.07, 6.45) is 0. The summed E-state index contributed by atoms with van der Waals surface area (Å²) in [5.41, 5.74) is 5.60. The number of nitrogens with zero attached hydrogens (tertiary/aromatic N) is 1. The first kappa shape index (κ1) is 7.65. The van der Waals surface area contributed by atoms with E-state index in [1.165, 1.54) is 7.11 Å². The van der Waals surface area contributed by atoms with Gasteiger partial charge in [-0.1, -0.05) is 0 Å². The lowest BCUT2D eigenvalue weighted by Crippen LogP contribution is -2.24. The van der Waals surface area contributed by atoms with Crippen LogP contribution in [-0.2, 0) is 0 Å². The van der Waals surface area contributed by atoms with Crippen molar-refractivity contribution in [1.82, 2.24) is 10.2 Å². The van der Waals surface area contributed by atoms with E-state index in [1.54, 1.807) is 7.85 Å². The molecule has 0 atom stereocenters. The molecule has 6 heteroatoms. The van der Waals surface area contributed by atoms with Crippen LogP contribution in [0.1, 0.15) is 0 Å². The summed E-state index contributed by atoms with van der Waals surface area (Å²) in [6, 6.07) is 0. The van der Waals surface area contributed by atoms with Crippen molar-refractivity contribution in [3.8, 4) is 5.75 Å². The number of H-pyrrole nitrogens is 1. The van der Waals surface area contributed by atoms with Gasteiger partial charge in [0, 0.05) is 0 Å². The Kier molecular flexibility index (Phi) is 1.84. The third-order valence-corrected chi connectivity index (χ3v) is 1.35. The SMILES string of the molecule is Bc1n[nH]c(=O)c(N)c1OC. The van der Waals surface area contributed by atoms with Gasteiger partial charge in [0.25, 0.3) is 5.56 Å². The minimum absolute atomic E-state index is 0.0694. The number of nitrogen functional groups attached to an aromatic ring is 1. The fourth-order valence-corrected chi connectivity index (χ4v) is 0.801. The Balaban J connectivity index is 3.41. The molecule has 3 N–H and O–H groups in total. The van der Waals surface area contributed by atoms with Crippen LogP contribution in [0.4, 0.5) is 5.69 Å². The topological polar surface area (TPSA) is 81.0 Å². The summed E-state index contributed by atoms with van der Waals surface area (Å²) < 4.78 is 4.85. The van der Waals surface area contributed by atoms with Crippen LogP contribution >= 0.6 is 0 Å². The van der Waals surface area contributed by atoms with Gasteiger partial charge in [-0.05, 0) is 0 Å². The van der Waals surface area contributed by atoms with Crippen molar-refractivity contribution < 1.29 is 4.74 Å². The van der Waals surface area contributed by atoms with Gasteiger partial charge in [-0.15, -0.1) is 0 Å². The second-order valence-corrected chi connectivity index (χ2v) is 2.09. The molecule has 0 saturated heterocycles. The van der Waals surface area contributed by atoms with Crippen LogP contribution in [0.15, 0.2) is 4.79 Å². The van der Waals surface area contributed by atoms with Gasteiger partial charge in [-0.2, -0.15) is 5.10 Å².